The predicted molar refractivity (Wildman–Crippen MR) is 256 cm³/mol. The maximum atomic E-state index is 17.2. The van der Waals surface area contributed by atoms with Gasteiger partial charge in [-0.25, -0.2) is 19.2 Å². The van der Waals surface area contributed by atoms with Gasteiger partial charge in [0.05, 0.1) is 42.8 Å². The molecule has 13 atom stereocenters. The average Bonchev–Trinajstić information content (AvgIpc) is 3.69. The summed E-state index contributed by atoms with van der Waals surface area (Å²) in [5, 5.41) is 19.5. The van der Waals surface area contributed by atoms with Gasteiger partial charge in [-0.15, -0.1) is 11.3 Å². The number of pyridine rings is 1. The van der Waals surface area contributed by atoms with Gasteiger partial charge in [0.15, 0.2) is 27.0 Å². The topological polar surface area (TPSA) is 216 Å². The van der Waals surface area contributed by atoms with Crippen LogP contribution in [0.25, 0.3) is 10.6 Å². The number of nitrogen functional groups attached to an aromatic ring is 1. The van der Waals surface area contributed by atoms with Crippen LogP contribution in [0.3, 0.4) is 0 Å². The van der Waals surface area contributed by atoms with Gasteiger partial charge in [-0.05, 0) is 98.7 Å². The summed E-state index contributed by atoms with van der Waals surface area (Å²) in [7, 11) is 1.60. The average molecular weight is 977 g/mol. The number of aromatic nitrogens is 2. The molecule has 2 aromatic rings. The van der Waals surface area contributed by atoms with Gasteiger partial charge in [0.25, 0.3) is 5.67 Å². The molecule has 0 aliphatic carbocycles. The normalized spacial score (nSPS) is 36.3. The summed E-state index contributed by atoms with van der Waals surface area (Å²) in [6.45, 7) is 20.0. The second-order valence-electron chi connectivity index (χ2n) is 20.1. The number of thiazole rings is 1. The number of ketones is 1. The van der Waals surface area contributed by atoms with E-state index in [0.717, 1.165) is 17.5 Å². The van der Waals surface area contributed by atoms with Crippen LogP contribution < -0.4 is 5.73 Å². The molecule has 2 bridgehead atoms. The van der Waals surface area contributed by atoms with Crippen molar-refractivity contribution in [3.63, 3.8) is 0 Å². The van der Waals surface area contributed by atoms with Crippen LogP contribution in [-0.4, -0.2) is 144 Å². The molecule has 3 saturated heterocycles. The number of aliphatic imine (C=N–C) groups is 1. The van der Waals surface area contributed by atoms with Crippen molar-refractivity contribution >= 4 is 54.6 Å². The number of halogens is 1. The first-order valence-electron chi connectivity index (χ1n) is 23.2. The van der Waals surface area contributed by atoms with Crippen molar-refractivity contribution in [2.75, 3.05) is 33.0 Å². The molecule has 0 unspecified atom stereocenters. The Balaban J connectivity index is 1.69. The highest BCUT2D eigenvalue weighted by atomic mass is 32.1. The Bertz CT molecular complexity index is 2100. The second kappa shape index (κ2) is 22.0. The van der Waals surface area contributed by atoms with Crippen molar-refractivity contribution in [3.8, 4) is 10.6 Å². The van der Waals surface area contributed by atoms with Gasteiger partial charge in [-0.2, -0.15) is 0 Å². The number of nitrogens with two attached hydrogens (primary N) is 1. The summed E-state index contributed by atoms with van der Waals surface area (Å²) >= 11 is 1.40. The number of Topliss-reactive ketones (excluding diaryl/α,β-unsaturated/α-hetero) is 1. The molecule has 5 rings (SSSR count). The van der Waals surface area contributed by atoms with Crippen molar-refractivity contribution in [1.82, 2.24) is 14.9 Å². The van der Waals surface area contributed by atoms with E-state index in [1.165, 1.54) is 25.2 Å². The number of rotatable bonds is 11. The first-order chi connectivity index (χ1) is 31.2. The molecular formula is C47H73FN6O11SSi. The van der Waals surface area contributed by atoms with Crippen molar-refractivity contribution in [3.05, 3.63) is 29.4 Å². The van der Waals surface area contributed by atoms with Gasteiger partial charge in [-0.1, -0.05) is 39.8 Å². The van der Waals surface area contributed by atoms with Crippen LogP contribution in [0.4, 0.5) is 10.2 Å². The van der Waals surface area contributed by atoms with Crippen LogP contribution >= 0.6 is 11.3 Å². The minimum Gasteiger partial charge on any atom is -0.457 e. The Labute approximate surface area is 399 Å². The third kappa shape index (κ3) is 13.0. The first-order valence-corrected chi connectivity index (χ1v) is 27.5. The van der Waals surface area contributed by atoms with Crippen molar-refractivity contribution < 1.29 is 56.8 Å². The summed E-state index contributed by atoms with van der Waals surface area (Å²) in [5.74, 6) is -5.42. The number of cyclic esters (lactones) is 1. The van der Waals surface area contributed by atoms with Crippen molar-refractivity contribution in [2.24, 2.45) is 27.9 Å². The number of likely N-dealkylation sites (N-methyl/N-ethyl adjacent to an activating group) is 1. The largest absolute Gasteiger partial charge is 0.457 e. The number of alkyl halides is 1. The van der Waals surface area contributed by atoms with E-state index in [-0.39, 0.29) is 56.9 Å². The van der Waals surface area contributed by atoms with Gasteiger partial charge in [-0.3, -0.25) is 14.6 Å². The SMILES string of the molecule is CCC(=O)/N=C1\[C@H](C)C[C@@]2(C)OC/C(=N/OCc3ccc(-c4nc(N)cs4)cn3)CO[C@H]([C@H]1C)[C@](C)(O)[C@@H](CC)OC(=O)[C@@](C)(F)C(=O)[C@H](C)[C@H]2O[C@@H]1O[C@H](C)C[C@H](N(C)C)[C@H]1O[Si](C)(C)C. The van der Waals surface area contributed by atoms with Crippen LogP contribution in [0.5, 0.6) is 0 Å². The molecule has 3 fully saturated rings. The summed E-state index contributed by atoms with van der Waals surface area (Å²) in [4.78, 5) is 63.6. The number of esters is 1. The highest BCUT2D eigenvalue weighted by Crippen LogP contribution is 2.42. The predicted octanol–water partition coefficient (Wildman–Crippen LogP) is 6.56. The van der Waals surface area contributed by atoms with Crippen LogP contribution in [0.2, 0.25) is 19.6 Å². The molecule has 3 N–H and O–H groups in total. The molecule has 3 aliphatic heterocycles. The number of hydrogen-bond acceptors (Lipinski definition) is 17. The Hall–Kier alpha value is -3.60. The van der Waals surface area contributed by atoms with E-state index in [1.54, 1.807) is 45.3 Å². The maximum Gasteiger partial charge on any atom is 0.351 e. The Morgan fingerprint density at radius 2 is 1.79 bits per heavy atom. The highest BCUT2D eigenvalue weighted by molar-refractivity contribution is 7.13. The van der Waals surface area contributed by atoms with E-state index in [9.17, 15) is 19.5 Å². The number of hydrogen-bond donors (Lipinski definition) is 2. The number of aliphatic hydroxyl groups is 1. The molecule has 0 radical (unpaired) electrons. The molecule has 67 heavy (non-hydrogen) atoms. The third-order valence-corrected chi connectivity index (χ3v) is 14.8. The Kier molecular flexibility index (Phi) is 17.8. The maximum absolute atomic E-state index is 17.2. The number of nitrogens with zero attached hydrogens (tertiary/aromatic N) is 5. The van der Waals surface area contributed by atoms with E-state index in [0.29, 0.717) is 23.6 Å². The lowest BCUT2D eigenvalue weighted by atomic mass is 9.73. The molecule has 17 nitrogen and oxygen atoms in total. The monoisotopic (exact) mass is 976 g/mol. The summed E-state index contributed by atoms with van der Waals surface area (Å²) in [6, 6.07) is 3.46. The molecule has 3 aliphatic rings. The third-order valence-electron chi connectivity index (χ3n) is 12.9. The van der Waals surface area contributed by atoms with Gasteiger partial charge < -0.3 is 48.7 Å². The smallest absolute Gasteiger partial charge is 0.351 e. The highest BCUT2D eigenvalue weighted by Gasteiger charge is 2.57. The second-order valence-corrected chi connectivity index (χ2v) is 25.4. The lowest BCUT2D eigenvalue weighted by molar-refractivity contribution is -0.293. The van der Waals surface area contributed by atoms with E-state index >= 15 is 4.39 Å². The fourth-order valence-corrected chi connectivity index (χ4v) is 11.2. The summed E-state index contributed by atoms with van der Waals surface area (Å²) in [6.07, 6.45) is -3.59. The number of carbonyl (C=O) groups excluding carboxylic acids is 3. The number of anilines is 1. The molecule has 0 saturated carbocycles. The number of carbonyl (C=O) groups is 3. The molecule has 1 amide bonds. The molecule has 5 heterocycles. The van der Waals surface area contributed by atoms with Crippen LogP contribution in [0.15, 0.2) is 33.9 Å². The summed E-state index contributed by atoms with van der Waals surface area (Å²) < 4.78 is 57.1. The zero-order valence-electron chi connectivity index (χ0n) is 41.7. The molecular weight excluding hydrogens is 904 g/mol. The quantitative estimate of drug-likeness (QED) is 0.106. The lowest BCUT2D eigenvalue weighted by Gasteiger charge is -2.49. The number of ether oxygens (including phenoxy) is 5. The molecule has 374 valence electrons. The van der Waals surface area contributed by atoms with Gasteiger partial charge >= 0.3 is 5.97 Å². The molecule has 0 aromatic carbocycles. The van der Waals surface area contributed by atoms with Crippen LogP contribution in [0.1, 0.15) is 93.7 Å². The zero-order valence-corrected chi connectivity index (χ0v) is 43.5. The van der Waals surface area contributed by atoms with Gasteiger partial charge in [0.2, 0.25) is 5.91 Å². The van der Waals surface area contributed by atoms with Crippen LogP contribution in [0, 0.1) is 17.8 Å². The minimum atomic E-state index is -3.20. The van der Waals surface area contributed by atoms with E-state index < -0.39 is 91.3 Å². The number of fused-ring (bicyclic) bond motifs is 5. The first kappa shape index (κ1) is 54.3. The molecule has 0 spiro atoms. The Morgan fingerprint density at radius 3 is 2.37 bits per heavy atom. The fraction of sp³-hybridized carbons (Fsp3) is 0.723. The molecule has 20 heteroatoms. The van der Waals surface area contributed by atoms with Crippen molar-refractivity contribution in [1.29, 1.82) is 0 Å². The number of amides is 1. The van der Waals surface area contributed by atoms with Gasteiger partial charge in [0, 0.05) is 47.2 Å². The molecule has 2 aromatic heterocycles. The Morgan fingerprint density at radius 1 is 1.09 bits per heavy atom. The van der Waals surface area contributed by atoms with Crippen molar-refractivity contribution in [2.45, 2.75) is 174 Å². The van der Waals surface area contributed by atoms with E-state index in [2.05, 4.69) is 44.7 Å². The fourth-order valence-electron chi connectivity index (χ4n) is 9.42. The summed E-state index contributed by atoms with van der Waals surface area (Å²) in [5.41, 5.74) is 0.976. The standard InChI is InChI=1S/C47H73FN6O11SSi/c1-15-34-47(9,58)41-28(5)37(52-36(55)16-2)26(3)20-45(7,60-23-32(22-59-41)53-61-24-31-18-17-30(21-50-31)42-51-35(49)25-66-42)40(29(6)39(56)46(8,48)44(57)63-34)64-43-38(65-67(12,13)14)33(54(10)11)19-27(4)62-43/h17-18,21,25-29,33-34,38,40-41,43,58H,15-16,19-20,22-24,49H2,1-14H3/b52-37+,53-32+/t26-,27-,28+,29+,33+,34-,38-,40-,41-,43+,45-,46+,47-/m1/s1. The number of oxime groups is 1. The van der Waals surface area contributed by atoms with E-state index in [4.69, 9.17) is 38.7 Å². The van der Waals surface area contributed by atoms with E-state index in [1.807, 2.05) is 34.0 Å². The van der Waals surface area contributed by atoms with Crippen LogP contribution in [-0.2, 0) is 53.9 Å². The minimum absolute atomic E-state index is 0.00247. The van der Waals surface area contributed by atoms with Gasteiger partial charge in [0.1, 0.15) is 34.3 Å². The zero-order chi connectivity index (χ0) is 49.8. The lowest BCUT2D eigenvalue weighted by Crippen LogP contribution is -2.62.